The van der Waals surface area contributed by atoms with Gasteiger partial charge in [-0.15, -0.1) is 0 Å². The number of pyridine rings is 1. The van der Waals surface area contributed by atoms with Gasteiger partial charge in [-0.25, -0.2) is 0 Å². The number of furan rings is 1. The fraction of sp³-hybridized carbons (Fsp3) is 0.0588. The molecule has 3 rings (SSSR count). The predicted molar refractivity (Wildman–Crippen MR) is 84.6 cm³/mol. The standard InChI is InChI=1S/C17H13ClN2O2/c18-15-4-1-3-12(8-15)13-7-14(10-19-9-13)17(21)20-11-16-5-2-6-22-16/h1-10H,11H2,(H,20,21). The lowest BCUT2D eigenvalue weighted by molar-refractivity contribution is 0.0947. The molecule has 0 bridgehead atoms. The third-order valence-electron chi connectivity index (χ3n) is 3.16. The van der Waals surface area contributed by atoms with Gasteiger partial charge in [0.2, 0.25) is 0 Å². The van der Waals surface area contributed by atoms with Gasteiger partial charge in [0.25, 0.3) is 5.91 Å². The first-order valence-corrected chi connectivity index (χ1v) is 7.12. The van der Waals surface area contributed by atoms with Gasteiger partial charge < -0.3 is 9.73 Å². The number of rotatable bonds is 4. The van der Waals surface area contributed by atoms with E-state index in [9.17, 15) is 4.79 Å². The molecular weight excluding hydrogens is 300 g/mol. The molecule has 0 unspecified atom stereocenters. The largest absolute Gasteiger partial charge is 0.467 e. The Morgan fingerprint density at radius 3 is 2.82 bits per heavy atom. The normalized spacial score (nSPS) is 10.4. The number of amides is 1. The average Bonchev–Trinajstić information content (AvgIpc) is 3.06. The van der Waals surface area contributed by atoms with E-state index in [1.165, 1.54) is 6.20 Å². The molecule has 2 aromatic heterocycles. The van der Waals surface area contributed by atoms with Crippen molar-refractivity contribution in [1.82, 2.24) is 10.3 Å². The molecule has 110 valence electrons. The van der Waals surface area contributed by atoms with Crippen molar-refractivity contribution >= 4 is 17.5 Å². The molecule has 4 nitrogen and oxygen atoms in total. The zero-order valence-corrected chi connectivity index (χ0v) is 12.4. The molecule has 0 radical (unpaired) electrons. The summed E-state index contributed by atoms with van der Waals surface area (Å²) in [6.45, 7) is 0.341. The lowest BCUT2D eigenvalue weighted by atomic mass is 10.1. The van der Waals surface area contributed by atoms with Crippen molar-refractivity contribution in [3.8, 4) is 11.1 Å². The minimum absolute atomic E-state index is 0.201. The molecule has 1 aromatic carbocycles. The Morgan fingerprint density at radius 2 is 2.05 bits per heavy atom. The van der Waals surface area contributed by atoms with E-state index in [4.69, 9.17) is 16.0 Å². The van der Waals surface area contributed by atoms with Crippen LogP contribution in [0.5, 0.6) is 0 Å². The maximum absolute atomic E-state index is 12.2. The first-order chi connectivity index (χ1) is 10.7. The van der Waals surface area contributed by atoms with Gasteiger partial charge in [0.05, 0.1) is 18.4 Å². The van der Waals surface area contributed by atoms with Gasteiger partial charge in [0.1, 0.15) is 5.76 Å². The molecule has 0 saturated carbocycles. The van der Waals surface area contributed by atoms with E-state index in [1.807, 2.05) is 18.2 Å². The Balaban J connectivity index is 1.77. The summed E-state index contributed by atoms with van der Waals surface area (Å²) >= 11 is 5.99. The number of nitrogens with zero attached hydrogens (tertiary/aromatic N) is 1. The fourth-order valence-electron chi connectivity index (χ4n) is 2.07. The van der Waals surface area contributed by atoms with Gasteiger partial charge in [-0.1, -0.05) is 23.7 Å². The van der Waals surface area contributed by atoms with E-state index in [0.717, 1.165) is 11.1 Å². The molecule has 1 amide bonds. The van der Waals surface area contributed by atoms with Crippen molar-refractivity contribution in [3.05, 3.63) is 77.5 Å². The predicted octanol–water partition coefficient (Wildman–Crippen LogP) is 3.93. The SMILES string of the molecule is O=C(NCc1ccco1)c1cncc(-c2cccc(Cl)c2)c1. The second-order valence-electron chi connectivity index (χ2n) is 4.73. The number of hydrogen-bond donors (Lipinski definition) is 1. The van der Waals surface area contributed by atoms with Crippen LogP contribution in [-0.2, 0) is 6.54 Å². The molecule has 0 aliphatic carbocycles. The van der Waals surface area contributed by atoms with Crippen LogP contribution in [0.2, 0.25) is 5.02 Å². The number of nitrogens with one attached hydrogen (secondary N) is 1. The number of carbonyl (C=O) groups excluding carboxylic acids is 1. The third kappa shape index (κ3) is 3.35. The van der Waals surface area contributed by atoms with Crippen LogP contribution < -0.4 is 5.32 Å². The molecule has 0 atom stereocenters. The highest BCUT2D eigenvalue weighted by atomic mass is 35.5. The topological polar surface area (TPSA) is 55.1 Å². The summed E-state index contributed by atoms with van der Waals surface area (Å²) in [5.41, 5.74) is 2.25. The van der Waals surface area contributed by atoms with Gasteiger partial charge in [0.15, 0.2) is 0 Å². The van der Waals surface area contributed by atoms with Crippen LogP contribution in [0.1, 0.15) is 16.1 Å². The van der Waals surface area contributed by atoms with Crippen molar-refractivity contribution in [2.24, 2.45) is 0 Å². The Morgan fingerprint density at radius 1 is 1.14 bits per heavy atom. The highest BCUT2D eigenvalue weighted by Crippen LogP contribution is 2.22. The van der Waals surface area contributed by atoms with E-state index in [-0.39, 0.29) is 5.91 Å². The minimum Gasteiger partial charge on any atom is -0.467 e. The molecule has 0 fully saturated rings. The number of aromatic nitrogens is 1. The van der Waals surface area contributed by atoms with Crippen LogP contribution in [0.25, 0.3) is 11.1 Å². The maximum atomic E-state index is 12.2. The monoisotopic (exact) mass is 312 g/mol. The Hall–Kier alpha value is -2.59. The van der Waals surface area contributed by atoms with Crippen LogP contribution in [-0.4, -0.2) is 10.9 Å². The molecule has 22 heavy (non-hydrogen) atoms. The van der Waals surface area contributed by atoms with Gasteiger partial charge in [-0.2, -0.15) is 0 Å². The number of hydrogen-bond acceptors (Lipinski definition) is 3. The summed E-state index contributed by atoms with van der Waals surface area (Å²) in [5.74, 6) is 0.500. The van der Waals surface area contributed by atoms with Crippen LogP contribution in [0.15, 0.2) is 65.5 Å². The molecule has 0 saturated heterocycles. The zero-order valence-electron chi connectivity index (χ0n) is 11.6. The minimum atomic E-state index is -0.201. The summed E-state index contributed by atoms with van der Waals surface area (Å²) in [5, 5.41) is 3.44. The van der Waals surface area contributed by atoms with Crippen molar-refractivity contribution in [2.75, 3.05) is 0 Å². The average molecular weight is 313 g/mol. The molecule has 0 aliphatic heterocycles. The van der Waals surface area contributed by atoms with Crippen molar-refractivity contribution in [1.29, 1.82) is 0 Å². The van der Waals surface area contributed by atoms with Crippen LogP contribution >= 0.6 is 11.6 Å². The molecule has 5 heteroatoms. The fourth-order valence-corrected chi connectivity index (χ4v) is 2.26. The Kier molecular flexibility index (Phi) is 4.21. The van der Waals surface area contributed by atoms with Crippen molar-refractivity contribution in [2.45, 2.75) is 6.54 Å². The van der Waals surface area contributed by atoms with Crippen LogP contribution in [0.3, 0.4) is 0 Å². The van der Waals surface area contributed by atoms with E-state index in [0.29, 0.717) is 22.9 Å². The van der Waals surface area contributed by atoms with E-state index in [1.54, 1.807) is 36.7 Å². The lowest BCUT2D eigenvalue weighted by Crippen LogP contribution is -2.22. The second kappa shape index (κ2) is 6.45. The highest BCUT2D eigenvalue weighted by molar-refractivity contribution is 6.30. The number of carbonyl (C=O) groups is 1. The molecule has 2 heterocycles. The van der Waals surface area contributed by atoms with Gasteiger partial charge >= 0.3 is 0 Å². The van der Waals surface area contributed by atoms with E-state index >= 15 is 0 Å². The quantitative estimate of drug-likeness (QED) is 0.794. The molecule has 3 aromatic rings. The Bertz CT molecular complexity index is 785. The van der Waals surface area contributed by atoms with Crippen molar-refractivity contribution in [3.63, 3.8) is 0 Å². The second-order valence-corrected chi connectivity index (χ2v) is 5.17. The summed E-state index contributed by atoms with van der Waals surface area (Å²) in [4.78, 5) is 16.3. The lowest BCUT2D eigenvalue weighted by Gasteiger charge is -2.06. The van der Waals surface area contributed by atoms with E-state index < -0.39 is 0 Å². The molecule has 0 spiro atoms. The molecule has 1 N–H and O–H groups in total. The van der Waals surface area contributed by atoms with Crippen molar-refractivity contribution < 1.29 is 9.21 Å². The van der Waals surface area contributed by atoms with Gasteiger partial charge in [0, 0.05) is 23.0 Å². The first kappa shape index (κ1) is 14.4. The smallest absolute Gasteiger partial charge is 0.253 e. The number of benzene rings is 1. The zero-order chi connectivity index (χ0) is 15.4. The molecule has 0 aliphatic rings. The third-order valence-corrected chi connectivity index (χ3v) is 3.40. The Labute approximate surface area is 132 Å². The van der Waals surface area contributed by atoms with Crippen LogP contribution in [0, 0.1) is 0 Å². The number of halogens is 1. The summed E-state index contributed by atoms with van der Waals surface area (Å²) in [7, 11) is 0. The first-order valence-electron chi connectivity index (χ1n) is 6.74. The van der Waals surface area contributed by atoms with Gasteiger partial charge in [-0.3, -0.25) is 9.78 Å². The summed E-state index contributed by atoms with van der Waals surface area (Å²) < 4.78 is 5.18. The van der Waals surface area contributed by atoms with Crippen LogP contribution in [0.4, 0.5) is 0 Å². The summed E-state index contributed by atoms with van der Waals surface area (Å²) in [6.07, 6.45) is 4.81. The van der Waals surface area contributed by atoms with Gasteiger partial charge in [-0.05, 0) is 35.9 Å². The maximum Gasteiger partial charge on any atom is 0.253 e. The highest BCUT2D eigenvalue weighted by Gasteiger charge is 2.08. The molecular formula is C17H13ClN2O2. The van der Waals surface area contributed by atoms with E-state index in [2.05, 4.69) is 10.3 Å². The summed E-state index contributed by atoms with van der Waals surface area (Å²) in [6, 6.07) is 12.8.